The van der Waals surface area contributed by atoms with Gasteiger partial charge >= 0.3 is 5.97 Å². The first-order valence-electron chi connectivity index (χ1n) is 9.22. The molecule has 28 heavy (non-hydrogen) atoms. The molecule has 0 N–H and O–H groups in total. The average Bonchev–Trinajstić information content (AvgIpc) is 3.28. The molecule has 0 bridgehead atoms. The predicted octanol–water partition coefficient (Wildman–Crippen LogP) is 3.22. The van der Waals surface area contributed by atoms with Crippen LogP contribution in [-0.4, -0.2) is 38.4 Å². The van der Waals surface area contributed by atoms with E-state index >= 15 is 0 Å². The van der Waals surface area contributed by atoms with E-state index in [4.69, 9.17) is 4.74 Å². The molecular formula is C22H21N3O3. The van der Waals surface area contributed by atoms with Gasteiger partial charge in [-0.3, -0.25) is 4.79 Å². The molecule has 6 nitrogen and oxygen atoms in total. The highest BCUT2D eigenvalue weighted by Crippen LogP contribution is 2.24. The number of aliphatic imine (C=N–C) groups is 1. The lowest BCUT2D eigenvalue weighted by Gasteiger charge is -2.15. The van der Waals surface area contributed by atoms with Crippen LogP contribution in [0.1, 0.15) is 24.0 Å². The van der Waals surface area contributed by atoms with E-state index in [-0.39, 0.29) is 17.5 Å². The Morgan fingerprint density at radius 1 is 1.04 bits per heavy atom. The van der Waals surface area contributed by atoms with Crippen molar-refractivity contribution in [1.29, 1.82) is 0 Å². The molecule has 1 fully saturated rings. The van der Waals surface area contributed by atoms with Crippen LogP contribution in [-0.2, 0) is 14.3 Å². The van der Waals surface area contributed by atoms with E-state index in [1.54, 1.807) is 11.0 Å². The van der Waals surface area contributed by atoms with Crippen molar-refractivity contribution >= 4 is 35.2 Å². The number of anilines is 2. The Kier molecular flexibility index (Phi) is 4.69. The van der Waals surface area contributed by atoms with Crippen LogP contribution in [0.15, 0.2) is 59.2 Å². The third-order valence-electron chi connectivity index (χ3n) is 4.83. The number of hydrogen-bond acceptors (Lipinski definition) is 5. The fourth-order valence-electron chi connectivity index (χ4n) is 3.26. The monoisotopic (exact) mass is 375 g/mol. The van der Waals surface area contributed by atoms with Gasteiger partial charge in [-0.25, -0.2) is 9.79 Å². The fraction of sp³-hybridized carbons (Fsp3) is 0.227. The molecule has 0 unspecified atom stereocenters. The second kappa shape index (κ2) is 7.31. The summed E-state index contributed by atoms with van der Waals surface area (Å²) < 4.78 is 5.33. The molecule has 0 saturated carbocycles. The zero-order valence-electron chi connectivity index (χ0n) is 15.9. The van der Waals surface area contributed by atoms with Crippen LogP contribution in [0.25, 0.3) is 6.08 Å². The maximum absolute atomic E-state index is 12.2. The Morgan fingerprint density at radius 2 is 1.75 bits per heavy atom. The first-order chi connectivity index (χ1) is 13.5. The molecule has 4 rings (SSSR count). The third-order valence-corrected chi connectivity index (χ3v) is 4.83. The van der Waals surface area contributed by atoms with Crippen molar-refractivity contribution < 1.29 is 14.3 Å². The van der Waals surface area contributed by atoms with Gasteiger partial charge < -0.3 is 14.5 Å². The number of rotatable bonds is 4. The van der Waals surface area contributed by atoms with Crippen LogP contribution < -0.4 is 9.80 Å². The summed E-state index contributed by atoms with van der Waals surface area (Å²) in [5.41, 5.74) is 3.79. The lowest BCUT2D eigenvalue weighted by Crippen LogP contribution is -2.23. The van der Waals surface area contributed by atoms with E-state index in [0.29, 0.717) is 12.0 Å². The zero-order valence-corrected chi connectivity index (χ0v) is 15.9. The summed E-state index contributed by atoms with van der Waals surface area (Å²) in [4.78, 5) is 32.2. The maximum atomic E-state index is 12.2. The summed E-state index contributed by atoms with van der Waals surface area (Å²) in [6.07, 6.45) is 3.19. The molecule has 2 aliphatic heterocycles. The minimum atomic E-state index is -0.467. The van der Waals surface area contributed by atoms with Crippen molar-refractivity contribution in [2.75, 3.05) is 30.4 Å². The molecule has 1 amide bonds. The molecule has 2 heterocycles. The minimum absolute atomic E-state index is 0.142. The molecule has 2 aliphatic rings. The smallest absolute Gasteiger partial charge is 0.363 e. The number of cyclic esters (lactones) is 1. The van der Waals surface area contributed by atoms with Gasteiger partial charge in [0.15, 0.2) is 5.70 Å². The van der Waals surface area contributed by atoms with Gasteiger partial charge in [-0.1, -0.05) is 12.1 Å². The fourth-order valence-corrected chi connectivity index (χ4v) is 3.26. The van der Waals surface area contributed by atoms with Gasteiger partial charge in [-0.15, -0.1) is 0 Å². The van der Waals surface area contributed by atoms with Gasteiger partial charge in [0.2, 0.25) is 11.8 Å². The van der Waals surface area contributed by atoms with Crippen LogP contribution >= 0.6 is 0 Å². The highest BCUT2D eigenvalue weighted by Gasteiger charge is 2.25. The highest BCUT2D eigenvalue weighted by molar-refractivity contribution is 6.13. The van der Waals surface area contributed by atoms with Crippen molar-refractivity contribution in [3.05, 3.63) is 65.4 Å². The molecule has 0 aliphatic carbocycles. The van der Waals surface area contributed by atoms with Crippen molar-refractivity contribution in [2.45, 2.75) is 12.8 Å². The number of carbonyl (C=O) groups excluding carboxylic acids is 2. The number of hydrogen-bond donors (Lipinski definition) is 0. The van der Waals surface area contributed by atoms with Gasteiger partial charge in [0.05, 0.1) is 0 Å². The van der Waals surface area contributed by atoms with E-state index in [9.17, 15) is 9.59 Å². The maximum Gasteiger partial charge on any atom is 0.363 e. The second-order valence-electron chi connectivity index (χ2n) is 7.02. The first kappa shape index (κ1) is 18.0. The normalized spacial score (nSPS) is 17.9. The Balaban J connectivity index is 1.54. The Hall–Kier alpha value is -3.41. The van der Waals surface area contributed by atoms with Crippen molar-refractivity contribution in [3.8, 4) is 0 Å². The van der Waals surface area contributed by atoms with E-state index in [2.05, 4.69) is 4.99 Å². The van der Waals surface area contributed by atoms with E-state index < -0.39 is 5.97 Å². The van der Waals surface area contributed by atoms with Gasteiger partial charge in [0.25, 0.3) is 0 Å². The Morgan fingerprint density at radius 3 is 2.36 bits per heavy atom. The number of esters is 1. The van der Waals surface area contributed by atoms with E-state index in [0.717, 1.165) is 29.9 Å². The molecule has 0 aromatic heterocycles. The van der Waals surface area contributed by atoms with Crippen LogP contribution in [0, 0.1) is 0 Å². The number of carbonyl (C=O) groups is 2. The number of amides is 1. The van der Waals surface area contributed by atoms with Crippen LogP contribution in [0.2, 0.25) is 0 Å². The standard InChI is InChI=1S/C22H21N3O3/c1-24(2)17-9-5-15(6-10-17)14-19-22(27)28-21(23-19)16-7-11-18(12-8-16)25-13-3-4-20(25)26/h5-12,14H,3-4,13H2,1-2H3. The van der Waals surface area contributed by atoms with Crippen molar-refractivity contribution in [1.82, 2.24) is 0 Å². The molecular weight excluding hydrogens is 354 g/mol. The summed E-state index contributed by atoms with van der Waals surface area (Å²) in [5.74, 6) is -0.0474. The van der Waals surface area contributed by atoms with Crippen LogP contribution in [0.3, 0.4) is 0 Å². The molecule has 0 spiro atoms. The Labute approximate surface area is 163 Å². The van der Waals surface area contributed by atoms with Crippen molar-refractivity contribution in [2.24, 2.45) is 4.99 Å². The number of nitrogens with zero attached hydrogens (tertiary/aromatic N) is 3. The van der Waals surface area contributed by atoms with Crippen LogP contribution in [0.5, 0.6) is 0 Å². The first-order valence-corrected chi connectivity index (χ1v) is 9.22. The summed E-state index contributed by atoms with van der Waals surface area (Å²) in [7, 11) is 3.95. The minimum Gasteiger partial charge on any atom is -0.402 e. The predicted molar refractivity (Wildman–Crippen MR) is 109 cm³/mol. The topological polar surface area (TPSA) is 62.2 Å². The summed E-state index contributed by atoms with van der Waals surface area (Å²) in [6, 6.07) is 15.2. The molecule has 6 heteroatoms. The van der Waals surface area contributed by atoms with Gasteiger partial charge in [-0.05, 0) is 54.5 Å². The Bertz CT molecular complexity index is 973. The third kappa shape index (κ3) is 3.53. The molecule has 0 atom stereocenters. The average molecular weight is 375 g/mol. The van der Waals surface area contributed by atoms with Gasteiger partial charge in [0.1, 0.15) is 0 Å². The van der Waals surface area contributed by atoms with E-state index in [1.807, 2.05) is 67.5 Å². The molecule has 2 aromatic rings. The highest BCUT2D eigenvalue weighted by atomic mass is 16.6. The summed E-state index contributed by atoms with van der Waals surface area (Å²) >= 11 is 0. The van der Waals surface area contributed by atoms with Crippen molar-refractivity contribution in [3.63, 3.8) is 0 Å². The lowest BCUT2D eigenvalue weighted by atomic mass is 10.1. The number of ether oxygens (including phenoxy) is 1. The van der Waals surface area contributed by atoms with Gasteiger partial charge in [-0.2, -0.15) is 0 Å². The molecule has 2 aromatic carbocycles. The summed E-state index contributed by atoms with van der Waals surface area (Å²) in [6.45, 7) is 0.744. The largest absolute Gasteiger partial charge is 0.402 e. The molecule has 1 saturated heterocycles. The quantitative estimate of drug-likeness (QED) is 0.608. The second-order valence-corrected chi connectivity index (χ2v) is 7.02. The molecule has 0 radical (unpaired) electrons. The zero-order chi connectivity index (χ0) is 19.7. The molecule has 142 valence electrons. The summed E-state index contributed by atoms with van der Waals surface area (Å²) in [5, 5.41) is 0. The SMILES string of the molecule is CN(C)c1ccc(C=C2N=C(c3ccc(N4CCCC4=O)cc3)OC2=O)cc1. The van der Waals surface area contributed by atoms with E-state index in [1.165, 1.54) is 0 Å². The van der Waals surface area contributed by atoms with Crippen LogP contribution in [0.4, 0.5) is 11.4 Å². The number of benzene rings is 2. The van der Waals surface area contributed by atoms with Gasteiger partial charge in [0, 0.05) is 44.0 Å². The lowest BCUT2D eigenvalue weighted by molar-refractivity contribution is -0.130.